The molecule has 0 aliphatic heterocycles. The Hall–Kier alpha value is -3.10. The third kappa shape index (κ3) is 3.61. The van der Waals surface area contributed by atoms with E-state index in [1.165, 1.54) is 6.07 Å². The van der Waals surface area contributed by atoms with E-state index in [-0.39, 0.29) is 18.0 Å². The quantitative estimate of drug-likeness (QED) is 0.732. The summed E-state index contributed by atoms with van der Waals surface area (Å²) in [5.74, 6) is 0.0341. The zero-order chi connectivity index (χ0) is 18.7. The highest BCUT2D eigenvalue weighted by Gasteiger charge is 2.16. The molecule has 0 atom stereocenters. The van der Waals surface area contributed by atoms with Crippen molar-refractivity contribution in [2.45, 2.75) is 13.5 Å². The second-order valence-electron chi connectivity index (χ2n) is 5.70. The van der Waals surface area contributed by atoms with Crippen LogP contribution < -0.4 is 10.3 Å². The summed E-state index contributed by atoms with van der Waals surface area (Å²) in [5.41, 5.74) is 1.40. The summed E-state index contributed by atoms with van der Waals surface area (Å²) < 4.78 is 19.6. The van der Waals surface area contributed by atoms with Crippen LogP contribution in [0.2, 0.25) is 5.02 Å². The summed E-state index contributed by atoms with van der Waals surface area (Å²) in [4.78, 5) is 14.7. The molecular weight excluding hydrogens is 355 g/mol. The highest BCUT2D eigenvalue weighted by molar-refractivity contribution is 6.31. The van der Waals surface area contributed by atoms with E-state index in [1.807, 2.05) is 6.07 Å². The van der Waals surface area contributed by atoms with Crippen LogP contribution in [0.4, 0.5) is 4.39 Å². The fourth-order valence-electron chi connectivity index (χ4n) is 2.62. The molecule has 2 aromatic carbocycles. The Labute approximate surface area is 154 Å². The van der Waals surface area contributed by atoms with Crippen LogP contribution in [0.1, 0.15) is 16.8 Å². The molecule has 0 fully saturated rings. The Morgan fingerprint density at radius 3 is 2.69 bits per heavy atom. The molecule has 0 spiro atoms. The highest BCUT2D eigenvalue weighted by atomic mass is 35.5. The highest BCUT2D eigenvalue weighted by Crippen LogP contribution is 2.34. The van der Waals surface area contributed by atoms with E-state index in [1.54, 1.807) is 49.4 Å². The number of nitrogens with zero attached hydrogens (tertiary/aromatic N) is 1. The number of pyridine rings is 1. The first-order valence-electron chi connectivity index (χ1n) is 7.79. The maximum Gasteiger partial charge on any atom is 0.266 e. The first kappa shape index (κ1) is 17.7. The number of halogens is 2. The Bertz CT molecular complexity index is 1070. The lowest BCUT2D eigenvalue weighted by Crippen LogP contribution is -2.13. The normalized spacial score (nSPS) is 10.4. The number of hydrogen-bond acceptors (Lipinski definition) is 3. The third-order valence-electron chi connectivity index (χ3n) is 3.85. The van der Waals surface area contributed by atoms with Crippen LogP contribution in [-0.2, 0) is 6.61 Å². The van der Waals surface area contributed by atoms with Gasteiger partial charge in [-0.15, -0.1) is 0 Å². The van der Waals surface area contributed by atoms with Crippen molar-refractivity contribution < 1.29 is 9.13 Å². The van der Waals surface area contributed by atoms with Gasteiger partial charge in [0.15, 0.2) is 0 Å². The first-order valence-corrected chi connectivity index (χ1v) is 8.17. The molecule has 1 N–H and O–H groups in total. The Morgan fingerprint density at radius 2 is 1.96 bits per heavy atom. The summed E-state index contributed by atoms with van der Waals surface area (Å²) >= 11 is 6.10. The summed E-state index contributed by atoms with van der Waals surface area (Å²) in [7, 11) is 0. The number of rotatable bonds is 4. The van der Waals surface area contributed by atoms with Gasteiger partial charge in [0, 0.05) is 27.4 Å². The van der Waals surface area contributed by atoms with E-state index >= 15 is 0 Å². The molecule has 0 saturated carbocycles. The predicted molar refractivity (Wildman–Crippen MR) is 97.7 cm³/mol. The van der Waals surface area contributed by atoms with Crippen molar-refractivity contribution in [3.05, 3.63) is 86.5 Å². The van der Waals surface area contributed by atoms with Gasteiger partial charge < -0.3 is 9.72 Å². The van der Waals surface area contributed by atoms with Crippen LogP contribution in [0.25, 0.3) is 11.1 Å². The number of aromatic nitrogens is 1. The van der Waals surface area contributed by atoms with Crippen LogP contribution in [0.3, 0.4) is 0 Å². The fourth-order valence-corrected chi connectivity index (χ4v) is 2.79. The maximum atomic E-state index is 13.8. The lowest BCUT2D eigenvalue weighted by molar-refractivity contribution is 0.301. The molecule has 0 bridgehead atoms. The molecule has 0 radical (unpaired) electrons. The number of aryl methyl sites for hydroxylation is 1. The zero-order valence-corrected chi connectivity index (χ0v) is 14.6. The number of benzene rings is 2. The van der Waals surface area contributed by atoms with Crippen LogP contribution >= 0.6 is 11.6 Å². The van der Waals surface area contributed by atoms with Gasteiger partial charge in [0.2, 0.25) is 0 Å². The average Bonchev–Trinajstić information content (AvgIpc) is 2.61. The van der Waals surface area contributed by atoms with E-state index in [0.29, 0.717) is 33.2 Å². The number of H-pyrrole nitrogens is 1. The van der Waals surface area contributed by atoms with Gasteiger partial charge >= 0.3 is 0 Å². The summed E-state index contributed by atoms with van der Waals surface area (Å²) in [5, 5.41) is 9.79. The Kier molecular flexibility index (Phi) is 5.06. The summed E-state index contributed by atoms with van der Waals surface area (Å²) in [6.07, 6.45) is 0. The van der Waals surface area contributed by atoms with Crippen molar-refractivity contribution in [2.75, 3.05) is 0 Å². The topological polar surface area (TPSA) is 65.9 Å². The predicted octanol–water partition coefficient (Wildman–Crippen LogP) is 4.59. The molecule has 130 valence electrons. The largest absolute Gasteiger partial charge is 0.488 e. The summed E-state index contributed by atoms with van der Waals surface area (Å²) in [6.45, 7) is 1.72. The zero-order valence-electron chi connectivity index (χ0n) is 13.8. The minimum absolute atomic E-state index is 0.00532. The van der Waals surface area contributed by atoms with Crippen LogP contribution in [0, 0.1) is 24.1 Å². The molecule has 0 saturated heterocycles. The number of nitriles is 1. The molecule has 4 nitrogen and oxygen atoms in total. The Balaban J connectivity index is 2.07. The van der Waals surface area contributed by atoms with Crippen LogP contribution in [-0.4, -0.2) is 4.98 Å². The molecule has 1 aromatic heterocycles. The minimum atomic E-state index is -0.484. The van der Waals surface area contributed by atoms with Gasteiger partial charge in [-0.25, -0.2) is 4.39 Å². The SMILES string of the molecule is Cc1cc(-c2cc(Cl)ccc2OCc2ccccc2F)c(C#N)c(=O)[nH]1. The lowest BCUT2D eigenvalue weighted by Gasteiger charge is -2.14. The van der Waals surface area contributed by atoms with E-state index in [9.17, 15) is 14.4 Å². The molecule has 6 heteroatoms. The molecular formula is C20H14ClFN2O2. The van der Waals surface area contributed by atoms with Gasteiger partial charge in [0.25, 0.3) is 5.56 Å². The second kappa shape index (κ2) is 7.42. The molecule has 3 rings (SSSR count). The van der Waals surface area contributed by atoms with E-state index < -0.39 is 5.56 Å². The molecule has 0 aliphatic carbocycles. The van der Waals surface area contributed by atoms with Crippen LogP contribution in [0.15, 0.2) is 53.3 Å². The van der Waals surface area contributed by atoms with Gasteiger partial charge in [-0.2, -0.15) is 5.26 Å². The molecule has 26 heavy (non-hydrogen) atoms. The number of nitrogens with one attached hydrogen (secondary N) is 1. The standard InChI is InChI=1S/C20H14ClFN2O2/c1-12-8-15(17(10-23)20(25)24-12)16-9-14(21)6-7-19(16)26-11-13-4-2-3-5-18(13)22/h2-9H,11H2,1H3,(H,24,25). The molecule has 1 heterocycles. The third-order valence-corrected chi connectivity index (χ3v) is 4.09. The van der Waals surface area contributed by atoms with Crippen molar-refractivity contribution in [3.63, 3.8) is 0 Å². The fraction of sp³-hybridized carbons (Fsp3) is 0.100. The van der Waals surface area contributed by atoms with Crippen molar-refractivity contribution in [1.82, 2.24) is 4.98 Å². The molecule has 0 amide bonds. The van der Waals surface area contributed by atoms with Gasteiger partial charge in [0.05, 0.1) is 0 Å². The molecule has 0 unspecified atom stereocenters. The maximum absolute atomic E-state index is 13.8. The molecule has 3 aromatic rings. The van der Waals surface area contributed by atoms with Gasteiger partial charge in [-0.1, -0.05) is 29.8 Å². The smallest absolute Gasteiger partial charge is 0.266 e. The Morgan fingerprint density at radius 1 is 1.19 bits per heavy atom. The number of hydrogen-bond donors (Lipinski definition) is 1. The first-order chi connectivity index (χ1) is 12.5. The number of aromatic amines is 1. The van der Waals surface area contributed by atoms with Crippen LogP contribution in [0.5, 0.6) is 5.75 Å². The van der Waals surface area contributed by atoms with Crippen molar-refractivity contribution in [2.24, 2.45) is 0 Å². The van der Waals surface area contributed by atoms with E-state index in [4.69, 9.17) is 16.3 Å². The van der Waals surface area contributed by atoms with Crippen molar-refractivity contribution >= 4 is 11.6 Å². The number of ether oxygens (including phenoxy) is 1. The lowest BCUT2D eigenvalue weighted by atomic mass is 10.00. The van der Waals surface area contributed by atoms with Gasteiger partial charge in [0.1, 0.15) is 29.8 Å². The molecule has 0 aliphatic rings. The monoisotopic (exact) mass is 368 g/mol. The van der Waals surface area contributed by atoms with Crippen molar-refractivity contribution in [1.29, 1.82) is 5.26 Å². The van der Waals surface area contributed by atoms with E-state index in [2.05, 4.69) is 4.98 Å². The minimum Gasteiger partial charge on any atom is -0.488 e. The second-order valence-corrected chi connectivity index (χ2v) is 6.14. The average molecular weight is 369 g/mol. The van der Waals surface area contributed by atoms with Crippen molar-refractivity contribution in [3.8, 4) is 22.9 Å². The van der Waals surface area contributed by atoms with E-state index in [0.717, 1.165) is 0 Å². The van der Waals surface area contributed by atoms with Gasteiger partial charge in [-0.05, 0) is 37.3 Å². The summed E-state index contributed by atoms with van der Waals surface area (Å²) in [6, 6.07) is 14.8. The van der Waals surface area contributed by atoms with Gasteiger partial charge in [-0.3, -0.25) is 4.79 Å².